The Labute approximate surface area is 95.9 Å². The summed E-state index contributed by atoms with van der Waals surface area (Å²) >= 11 is 0. The third-order valence-electron chi connectivity index (χ3n) is 2.21. The molecular formula is C11H18N2O3. The van der Waals surface area contributed by atoms with Gasteiger partial charge in [0.05, 0.1) is 25.3 Å². The van der Waals surface area contributed by atoms with Gasteiger partial charge in [0.15, 0.2) is 6.10 Å². The molecule has 1 aliphatic rings. The molecule has 0 N–H and O–H groups in total. The number of nitrogens with zero attached hydrogens (tertiary/aromatic N) is 2. The highest BCUT2D eigenvalue weighted by Gasteiger charge is 2.32. The molecule has 1 aliphatic heterocycles. The second-order valence-corrected chi connectivity index (χ2v) is 4.93. The lowest BCUT2D eigenvalue weighted by Gasteiger charge is -2.36. The fourth-order valence-electron chi connectivity index (χ4n) is 1.41. The van der Waals surface area contributed by atoms with Gasteiger partial charge in [0.2, 0.25) is 0 Å². The van der Waals surface area contributed by atoms with Crippen LogP contribution in [0.25, 0.3) is 0 Å². The van der Waals surface area contributed by atoms with E-state index in [0.29, 0.717) is 6.61 Å². The van der Waals surface area contributed by atoms with Crippen LogP contribution in [-0.4, -0.2) is 41.9 Å². The average molecular weight is 226 g/mol. The van der Waals surface area contributed by atoms with Crippen LogP contribution in [0.2, 0.25) is 0 Å². The fourth-order valence-corrected chi connectivity index (χ4v) is 1.41. The molecule has 0 saturated carbocycles. The number of amides is 1. The van der Waals surface area contributed by atoms with Gasteiger partial charge in [0.1, 0.15) is 5.60 Å². The largest absolute Gasteiger partial charge is 0.444 e. The van der Waals surface area contributed by atoms with E-state index in [4.69, 9.17) is 14.7 Å². The molecule has 1 saturated heterocycles. The first-order valence-electron chi connectivity index (χ1n) is 5.34. The fraction of sp³-hybridized carbons (Fsp3) is 0.818. The Morgan fingerprint density at radius 2 is 2.19 bits per heavy atom. The Morgan fingerprint density at radius 3 is 2.69 bits per heavy atom. The first-order valence-corrected chi connectivity index (χ1v) is 5.34. The summed E-state index contributed by atoms with van der Waals surface area (Å²) in [6.45, 7) is 7.97. The van der Waals surface area contributed by atoms with Gasteiger partial charge in [0.25, 0.3) is 0 Å². The lowest BCUT2D eigenvalue weighted by molar-refractivity contribution is -0.0473. The van der Waals surface area contributed by atoms with Gasteiger partial charge < -0.3 is 9.47 Å². The Kier molecular flexibility index (Phi) is 3.76. The maximum absolute atomic E-state index is 11.8. The second-order valence-electron chi connectivity index (χ2n) is 4.93. The average Bonchev–Trinajstić information content (AvgIpc) is 2.15. The summed E-state index contributed by atoms with van der Waals surface area (Å²) in [6.07, 6.45) is -0.938. The van der Waals surface area contributed by atoms with E-state index >= 15 is 0 Å². The molecule has 0 aromatic carbocycles. The minimum Gasteiger partial charge on any atom is -0.444 e. The number of nitriles is 1. The van der Waals surface area contributed by atoms with E-state index in [9.17, 15) is 4.79 Å². The summed E-state index contributed by atoms with van der Waals surface area (Å²) in [5.74, 6) is 0. The van der Waals surface area contributed by atoms with Crippen LogP contribution >= 0.6 is 0 Å². The number of carbonyl (C=O) groups is 1. The molecule has 5 heteroatoms. The Hall–Kier alpha value is -1.28. The monoisotopic (exact) mass is 226 g/mol. The van der Waals surface area contributed by atoms with Crippen LogP contribution in [0.1, 0.15) is 27.7 Å². The zero-order chi connectivity index (χ0) is 12.3. The van der Waals surface area contributed by atoms with E-state index in [1.165, 1.54) is 0 Å². The van der Waals surface area contributed by atoms with Gasteiger partial charge in [0, 0.05) is 0 Å². The van der Waals surface area contributed by atoms with Crippen molar-refractivity contribution in [3.63, 3.8) is 0 Å². The number of ether oxygens (including phenoxy) is 2. The molecule has 16 heavy (non-hydrogen) atoms. The molecule has 0 aromatic rings. The lowest BCUT2D eigenvalue weighted by atomic mass is 10.2. The van der Waals surface area contributed by atoms with Crippen molar-refractivity contribution in [3.05, 3.63) is 0 Å². The molecule has 0 radical (unpaired) electrons. The summed E-state index contributed by atoms with van der Waals surface area (Å²) in [6, 6.07) is 1.94. The summed E-state index contributed by atoms with van der Waals surface area (Å²) < 4.78 is 10.5. The Morgan fingerprint density at radius 1 is 1.56 bits per heavy atom. The Bertz CT molecular complexity index is 303. The molecule has 1 rings (SSSR count). The molecule has 90 valence electrons. The summed E-state index contributed by atoms with van der Waals surface area (Å²) in [5.41, 5.74) is -0.517. The van der Waals surface area contributed by atoms with Crippen LogP contribution in [0.3, 0.4) is 0 Å². The van der Waals surface area contributed by atoms with Crippen LogP contribution in [0.4, 0.5) is 4.79 Å². The summed E-state index contributed by atoms with van der Waals surface area (Å²) in [7, 11) is 0. The molecule has 2 atom stereocenters. The topological polar surface area (TPSA) is 62.6 Å². The zero-order valence-electron chi connectivity index (χ0n) is 10.2. The van der Waals surface area contributed by atoms with Crippen molar-refractivity contribution >= 4 is 6.09 Å². The van der Waals surface area contributed by atoms with E-state index in [1.54, 1.807) is 4.90 Å². The van der Waals surface area contributed by atoms with Gasteiger partial charge in [-0.2, -0.15) is 5.26 Å². The van der Waals surface area contributed by atoms with Gasteiger partial charge in [-0.25, -0.2) is 4.79 Å². The molecule has 5 nitrogen and oxygen atoms in total. The highest BCUT2D eigenvalue weighted by atomic mass is 16.6. The zero-order valence-corrected chi connectivity index (χ0v) is 10.2. The van der Waals surface area contributed by atoms with Crippen molar-refractivity contribution in [3.8, 4) is 6.07 Å². The maximum Gasteiger partial charge on any atom is 0.410 e. The highest BCUT2D eigenvalue weighted by Crippen LogP contribution is 2.16. The number of rotatable bonds is 0. The van der Waals surface area contributed by atoms with Crippen LogP contribution < -0.4 is 0 Å². The molecule has 0 aliphatic carbocycles. The molecule has 0 aromatic heterocycles. The van der Waals surface area contributed by atoms with Crippen LogP contribution in [0.15, 0.2) is 0 Å². The molecule has 1 heterocycles. The second kappa shape index (κ2) is 4.71. The molecule has 0 spiro atoms. The van der Waals surface area contributed by atoms with E-state index in [2.05, 4.69) is 0 Å². The smallest absolute Gasteiger partial charge is 0.410 e. The first-order chi connectivity index (χ1) is 7.33. The quantitative estimate of drug-likeness (QED) is 0.628. The molecule has 0 unspecified atom stereocenters. The van der Waals surface area contributed by atoms with Crippen molar-refractivity contribution < 1.29 is 14.3 Å². The third-order valence-corrected chi connectivity index (χ3v) is 2.21. The van der Waals surface area contributed by atoms with Gasteiger partial charge >= 0.3 is 6.09 Å². The van der Waals surface area contributed by atoms with Gasteiger partial charge in [-0.05, 0) is 27.7 Å². The normalized spacial score (nSPS) is 26.1. The van der Waals surface area contributed by atoms with Crippen LogP contribution in [0.5, 0.6) is 0 Å². The van der Waals surface area contributed by atoms with Crippen molar-refractivity contribution in [2.45, 2.75) is 45.4 Å². The predicted molar refractivity (Wildman–Crippen MR) is 57.8 cm³/mol. The standard InChI is InChI=1S/C11H18N2O3/c1-8-7-15-9(5-12)6-13(8)10(14)16-11(2,3)4/h8-9H,6-7H2,1-4H3/t8-,9-/m1/s1. The van der Waals surface area contributed by atoms with Gasteiger partial charge in [-0.15, -0.1) is 0 Å². The lowest BCUT2D eigenvalue weighted by Crippen LogP contribution is -2.52. The van der Waals surface area contributed by atoms with Crippen LogP contribution in [-0.2, 0) is 9.47 Å². The minimum absolute atomic E-state index is 0.0561. The molecule has 0 bridgehead atoms. The minimum atomic E-state index is -0.552. The highest BCUT2D eigenvalue weighted by molar-refractivity contribution is 5.68. The van der Waals surface area contributed by atoms with E-state index in [0.717, 1.165) is 0 Å². The molecular weight excluding hydrogens is 208 g/mol. The first kappa shape index (κ1) is 12.8. The summed E-state index contributed by atoms with van der Waals surface area (Å²) in [5, 5.41) is 8.76. The number of morpholine rings is 1. The number of hydrogen-bond donors (Lipinski definition) is 0. The van der Waals surface area contributed by atoms with E-state index in [-0.39, 0.29) is 18.7 Å². The Balaban J connectivity index is 2.63. The number of carbonyl (C=O) groups excluding carboxylic acids is 1. The van der Waals surface area contributed by atoms with Gasteiger partial charge in [-0.3, -0.25) is 4.90 Å². The predicted octanol–water partition coefficient (Wildman–Crippen LogP) is 1.53. The molecule has 1 fully saturated rings. The molecule has 1 amide bonds. The van der Waals surface area contributed by atoms with Crippen molar-refractivity contribution in [1.82, 2.24) is 4.90 Å². The maximum atomic E-state index is 11.8. The SMILES string of the molecule is C[C@@H]1CO[C@H](C#N)CN1C(=O)OC(C)(C)C. The summed E-state index contributed by atoms with van der Waals surface area (Å²) in [4.78, 5) is 13.4. The van der Waals surface area contributed by atoms with E-state index < -0.39 is 11.7 Å². The van der Waals surface area contributed by atoms with Crippen molar-refractivity contribution in [1.29, 1.82) is 5.26 Å². The number of hydrogen-bond acceptors (Lipinski definition) is 4. The van der Waals surface area contributed by atoms with E-state index in [1.807, 2.05) is 33.8 Å². The van der Waals surface area contributed by atoms with Gasteiger partial charge in [-0.1, -0.05) is 0 Å². The van der Waals surface area contributed by atoms with Crippen LogP contribution in [0, 0.1) is 11.3 Å². The third kappa shape index (κ3) is 3.38. The van der Waals surface area contributed by atoms with Crippen molar-refractivity contribution in [2.75, 3.05) is 13.2 Å². The van der Waals surface area contributed by atoms with Crippen molar-refractivity contribution in [2.24, 2.45) is 0 Å².